The van der Waals surface area contributed by atoms with E-state index in [-0.39, 0.29) is 4.99 Å². The summed E-state index contributed by atoms with van der Waals surface area (Å²) in [6.45, 7) is 1.91. The van der Waals surface area contributed by atoms with Crippen LogP contribution in [0.5, 0.6) is 0 Å². The zero-order valence-corrected chi connectivity index (χ0v) is 8.90. The first-order valence-corrected chi connectivity index (χ1v) is 4.72. The Morgan fingerprint density at radius 1 is 1.47 bits per heavy atom. The monoisotopic (exact) mass is 219 g/mol. The van der Waals surface area contributed by atoms with Crippen LogP contribution in [0.4, 0.5) is 0 Å². The van der Waals surface area contributed by atoms with Gasteiger partial charge in [0, 0.05) is 11.9 Å². The molecule has 0 aliphatic carbocycles. The van der Waals surface area contributed by atoms with Crippen LogP contribution < -0.4 is 5.73 Å². The lowest BCUT2D eigenvalue weighted by atomic mass is 10.3. The van der Waals surface area contributed by atoms with E-state index in [4.69, 9.17) is 18.0 Å². The van der Waals surface area contributed by atoms with Gasteiger partial charge in [-0.1, -0.05) is 12.2 Å². The molecule has 76 valence electrons. The Labute approximate surface area is 92.0 Å². The summed E-state index contributed by atoms with van der Waals surface area (Å²) >= 11 is 4.78. The molecule has 0 aliphatic rings. The summed E-state index contributed by atoms with van der Waals surface area (Å²) in [6.07, 6.45) is 3.29. The number of nitrogens with zero attached hydrogens (tertiary/aromatic N) is 4. The van der Waals surface area contributed by atoms with E-state index in [0.717, 1.165) is 11.4 Å². The molecule has 2 N–H and O–H groups in total. The molecule has 0 atom stereocenters. The largest absolute Gasteiger partial charge is 0.387 e. The summed E-state index contributed by atoms with van der Waals surface area (Å²) in [5.41, 5.74) is 7.22. The standard InChI is InChI=1S/C9H9N5S/c1-6-4-7(2-3-11-6)14-5-12-9(13-14)8(10)15/h2-5H,1H3,(H2,10,15). The fourth-order valence-corrected chi connectivity index (χ4v) is 1.27. The van der Waals surface area contributed by atoms with Gasteiger partial charge in [0.1, 0.15) is 11.3 Å². The van der Waals surface area contributed by atoms with E-state index in [2.05, 4.69) is 15.1 Å². The number of nitrogens with two attached hydrogens (primary N) is 1. The number of hydrogen-bond acceptors (Lipinski definition) is 4. The van der Waals surface area contributed by atoms with Crippen LogP contribution in [-0.2, 0) is 0 Å². The summed E-state index contributed by atoms with van der Waals surface area (Å²) in [5.74, 6) is 0.375. The highest BCUT2D eigenvalue weighted by Crippen LogP contribution is 2.06. The van der Waals surface area contributed by atoms with Gasteiger partial charge in [-0.25, -0.2) is 9.67 Å². The maximum atomic E-state index is 5.42. The molecule has 2 aromatic rings. The van der Waals surface area contributed by atoms with Gasteiger partial charge in [0.15, 0.2) is 0 Å². The van der Waals surface area contributed by atoms with E-state index < -0.39 is 0 Å². The second-order valence-electron chi connectivity index (χ2n) is 3.03. The Bertz CT molecular complexity index is 505. The summed E-state index contributed by atoms with van der Waals surface area (Å²) < 4.78 is 1.61. The minimum Gasteiger partial charge on any atom is -0.387 e. The Morgan fingerprint density at radius 2 is 2.27 bits per heavy atom. The van der Waals surface area contributed by atoms with Crippen molar-refractivity contribution in [3.8, 4) is 5.69 Å². The topological polar surface area (TPSA) is 69.6 Å². The van der Waals surface area contributed by atoms with Gasteiger partial charge in [-0.2, -0.15) is 0 Å². The van der Waals surface area contributed by atoms with Crippen LogP contribution in [-0.4, -0.2) is 24.7 Å². The van der Waals surface area contributed by atoms with Crippen molar-refractivity contribution in [1.82, 2.24) is 19.7 Å². The van der Waals surface area contributed by atoms with Crippen molar-refractivity contribution in [1.29, 1.82) is 0 Å². The molecular formula is C9H9N5S. The average molecular weight is 219 g/mol. The lowest BCUT2D eigenvalue weighted by Crippen LogP contribution is -2.12. The molecule has 6 heteroatoms. The Kier molecular flexibility index (Phi) is 2.42. The quantitative estimate of drug-likeness (QED) is 0.749. The molecule has 0 aliphatic heterocycles. The lowest BCUT2D eigenvalue weighted by molar-refractivity contribution is 0.869. The first-order chi connectivity index (χ1) is 7.16. The van der Waals surface area contributed by atoms with Gasteiger partial charge in [-0.3, -0.25) is 4.98 Å². The summed E-state index contributed by atoms with van der Waals surface area (Å²) in [6, 6.07) is 3.74. The molecule has 0 saturated carbocycles. The maximum absolute atomic E-state index is 5.42. The van der Waals surface area contributed by atoms with E-state index in [1.54, 1.807) is 17.2 Å². The molecule has 2 aromatic heterocycles. The van der Waals surface area contributed by atoms with Crippen molar-refractivity contribution >= 4 is 17.2 Å². The molecule has 0 radical (unpaired) electrons. The molecule has 0 fully saturated rings. The van der Waals surface area contributed by atoms with E-state index in [1.807, 2.05) is 19.1 Å². The van der Waals surface area contributed by atoms with Crippen molar-refractivity contribution in [2.24, 2.45) is 5.73 Å². The third kappa shape index (κ3) is 1.99. The highest BCUT2D eigenvalue weighted by Gasteiger charge is 2.04. The molecule has 2 heterocycles. The Balaban J connectivity index is 2.41. The molecule has 0 unspecified atom stereocenters. The van der Waals surface area contributed by atoms with Gasteiger partial charge in [0.05, 0.1) is 5.69 Å². The van der Waals surface area contributed by atoms with Crippen molar-refractivity contribution in [3.63, 3.8) is 0 Å². The second kappa shape index (κ2) is 3.74. The van der Waals surface area contributed by atoms with Gasteiger partial charge in [-0.15, -0.1) is 5.10 Å². The van der Waals surface area contributed by atoms with E-state index in [9.17, 15) is 0 Å². The second-order valence-corrected chi connectivity index (χ2v) is 3.47. The minimum absolute atomic E-state index is 0.194. The third-order valence-corrected chi connectivity index (χ3v) is 2.04. The fourth-order valence-electron chi connectivity index (χ4n) is 1.17. The van der Waals surface area contributed by atoms with Crippen LogP contribution in [0, 0.1) is 6.92 Å². The van der Waals surface area contributed by atoms with Gasteiger partial charge >= 0.3 is 0 Å². The molecule has 0 spiro atoms. The predicted octanol–water partition coefficient (Wildman–Crippen LogP) is 0.605. The zero-order valence-electron chi connectivity index (χ0n) is 8.08. The summed E-state index contributed by atoms with van der Waals surface area (Å²) in [5, 5.41) is 4.13. The molecule has 15 heavy (non-hydrogen) atoms. The average Bonchev–Trinajstić information content (AvgIpc) is 2.66. The number of hydrogen-bond donors (Lipinski definition) is 1. The van der Waals surface area contributed by atoms with Gasteiger partial charge in [0.2, 0.25) is 5.82 Å². The van der Waals surface area contributed by atoms with Crippen LogP contribution in [0.1, 0.15) is 11.5 Å². The number of pyridine rings is 1. The van der Waals surface area contributed by atoms with Crippen LogP contribution in [0.15, 0.2) is 24.7 Å². The van der Waals surface area contributed by atoms with E-state index in [0.29, 0.717) is 5.82 Å². The lowest BCUT2D eigenvalue weighted by Gasteiger charge is -1.99. The van der Waals surface area contributed by atoms with Crippen molar-refractivity contribution in [3.05, 3.63) is 36.2 Å². The molecule has 0 saturated heterocycles. The van der Waals surface area contributed by atoms with Crippen molar-refractivity contribution in [2.75, 3.05) is 0 Å². The first-order valence-electron chi connectivity index (χ1n) is 4.31. The SMILES string of the molecule is Cc1cc(-n2cnc(C(N)=S)n2)ccn1. The van der Waals surface area contributed by atoms with Gasteiger partial charge < -0.3 is 5.73 Å². The van der Waals surface area contributed by atoms with Crippen molar-refractivity contribution in [2.45, 2.75) is 6.92 Å². The first kappa shape index (κ1) is 9.72. The Hall–Kier alpha value is -1.82. The van der Waals surface area contributed by atoms with E-state index in [1.165, 1.54) is 0 Å². The van der Waals surface area contributed by atoms with Gasteiger partial charge in [0.25, 0.3) is 0 Å². The van der Waals surface area contributed by atoms with Crippen LogP contribution in [0.3, 0.4) is 0 Å². The fraction of sp³-hybridized carbons (Fsp3) is 0.111. The van der Waals surface area contributed by atoms with E-state index >= 15 is 0 Å². The maximum Gasteiger partial charge on any atom is 0.208 e. The predicted molar refractivity (Wildman–Crippen MR) is 59.8 cm³/mol. The highest BCUT2D eigenvalue weighted by molar-refractivity contribution is 7.80. The third-order valence-electron chi connectivity index (χ3n) is 1.86. The number of aromatic nitrogens is 4. The number of aryl methyl sites for hydroxylation is 1. The molecule has 2 rings (SSSR count). The zero-order chi connectivity index (χ0) is 10.8. The summed E-state index contributed by atoms with van der Waals surface area (Å²) in [7, 11) is 0. The van der Waals surface area contributed by atoms with Gasteiger partial charge in [-0.05, 0) is 19.1 Å². The van der Waals surface area contributed by atoms with Crippen LogP contribution >= 0.6 is 12.2 Å². The molecular weight excluding hydrogens is 210 g/mol. The highest BCUT2D eigenvalue weighted by atomic mass is 32.1. The number of rotatable bonds is 2. The normalized spacial score (nSPS) is 10.2. The summed E-state index contributed by atoms with van der Waals surface area (Å²) in [4.78, 5) is 8.28. The van der Waals surface area contributed by atoms with Crippen LogP contribution in [0.2, 0.25) is 0 Å². The van der Waals surface area contributed by atoms with Crippen molar-refractivity contribution < 1.29 is 0 Å². The molecule has 5 nitrogen and oxygen atoms in total. The Morgan fingerprint density at radius 3 is 2.87 bits per heavy atom. The molecule has 0 aromatic carbocycles. The number of thiocarbonyl (C=S) groups is 1. The molecule has 0 amide bonds. The minimum atomic E-state index is 0.194. The molecule has 0 bridgehead atoms. The van der Waals surface area contributed by atoms with Crippen LogP contribution in [0.25, 0.3) is 5.69 Å². The smallest absolute Gasteiger partial charge is 0.208 e.